The van der Waals surface area contributed by atoms with Gasteiger partial charge in [0.25, 0.3) is 5.91 Å². The lowest BCUT2D eigenvalue weighted by Gasteiger charge is -2.09. The monoisotopic (exact) mass is 407 g/mol. The molecule has 30 heavy (non-hydrogen) atoms. The Balaban J connectivity index is 1.51. The van der Waals surface area contributed by atoms with Crippen molar-refractivity contribution in [2.45, 2.75) is 6.54 Å². The molecule has 0 aliphatic rings. The zero-order chi connectivity index (χ0) is 21.3. The first-order chi connectivity index (χ1) is 14.6. The number of nitrogens with zero attached hydrogens (tertiary/aromatic N) is 2. The van der Waals surface area contributed by atoms with Crippen molar-refractivity contribution in [3.8, 4) is 17.4 Å². The van der Waals surface area contributed by atoms with E-state index in [1.807, 2.05) is 12.1 Å². The molecule has 2 heterocycles. The lowest BCUT2D eigenvalue weighted by molar-refractivity contribution is 0.0958. The summed E-state index contributed by atoms with van der Waals surface area (Å²) in [6.45, 7) is 0.339. The van der Waals surface area contributed by atoms with E-state index < -0.39 is 0 Å². The summed E-state index contributed by atoms with van der Waals surface area (Å²) in [5, 5.41) is 7.98. The first kappa shape index (κ1) is 20.6. The molecule has 3 amide bonds. The summed E-state index contributed by atoms with van der Waals surface area (Å²) >= 11 is 0. The van der Waals surface area contributed by atoms with Crippen molar-refractivity contribution in [3.63, 3.8) is 0 Å². The number of carbonyl (C=O) groups is 2. The van der Waals surface area contributed by atoms with Crippen molar-refractivity contribution in [1.82, 2.24) is 20.6 Å². The predicted molar refractivity (Wildman–Crippen MR) is 111 cm³/mol. The van der Waals surface area contributed by atoms with E-state index in [0.717, 1.165) is 5.56 Å². The lowest BCUT2D eigenvalue weighted by atomic mass is 10.2. The molecule has 0 aliphatic heterocycles. The van der Waals surface area contributed by atoms with Crippen LogP contribution in [0.1, 0.15) is 16.1 Å². The van der Waals surface area contributed by atoms with Gasteiger partial charge in [0.1, 0.15) is 17.2 Å². The van der Waals surface area contributed by atoms with Crippen LogP contribution in [0, 0.1) is 0 Å². The SMILES string of the molecule is CNC(=O)c1cc(Oc2ccc(CNC(=O)Nc3ccc(OC)nc3)cc2)ccn1. The molecule has 0 bridgehead atoms. The van der Waals surface area contributed by atoms with Crippen molar-refractivity contribution in [1.29, 1.82) is 0 Å². The van der Waals surface area contributed by atoms with Crippen molar-refractivity contribution in [3.05, 3.63) is 72.2 Å². The van der Waals surface area contributed by atoms with E-state index in [9.17, 15) is 9.59 Å². The van der Waals surface area contributed by atoms with Crippen molar-refractivity contribution in [2.24, 2.45) is 0 Å². The molecule has 3 N–H and O–H groups in total. The molecule has 0 spiro atoms. The van der Waals surface area contributed by atoms with Gasteiger partial charge in [-0.2, -0.15) is 0 Å². The molecule has 9 nitrogen and oxygen atoms in total. The average Bonchev–Trinajstić information content (AvgIpc) is 2.79. The zero-order valence-electron chi connectivity index (χ0n) is 16.5. The maximum absolute atomic E-state index is 12.0. The Morgan fingerprint density at radius 1 is 1.00 bits per heavy atom. The Hall–Kier alpha value is -4.14. The third-order valence-electron chi connectivity index (χ3n) is 4.01. The van der Waals surface area contributed by atoms with E-state index >= 15 is 0 Å². The highest BCUT2D eigenvalue weighted by Gasteiger charge is 2.07. The number of carbonyl (C=O) groups excluding carboxylic acids is 2. The average molecular weight is 407 g/mol. The maximum atomic E-state index is 12.0. The Bertz CT molecular complexity index is 1010. The van der Waals surface area contributed by atoms with Crippen molar-refractivity contribution >= 4 is 17.6 Å². The van der Waals surface area contributed by atoms with Gasteiger partial charge in [-0.25, -0.2) is 9.78 Å². The first-order valence-electron chi connectivity index (χ1n) is 9.07. The highest BCUT2D eigenvalue weighted by molar-refractivity contribution is 5.92. The van der Waals surface area contributed by atoms with Crippen LogP contribution in [0.2, 0.25) is 0 Å². The molecule has 154 valence electrons. The number of amides is 3. The molecule has 3 rings (SSSR count). The van der Waals surface area contributed by atoms with Crippen LogP contribution in [-0.4, -0.2) is 36.1 Å². The van der Waals surface area contributed by atoms with Crippen molar-refractivity contribution in [2.75, 3.05) is 19.5 Å². The standard InChI is InChI=1S/C21H21N5O4/c1-22-20(27)18-11-17(9-10-23-18)30-16-6-3-14(4-7-16)12-25-21(28)26-15-5-8-19(29-2)24-13-15/h3-11,13H,12H2,1-2H3,(H,22,27)(H2,25,26,28). The Morgan fingerprint density at radius 3 is 2.47 bits per heavy atom. The summed E-state index contributed by atoms with van der Waals surface area (Å²) in [5.74, 6) is 1.29. The van der Waals surface area contributed by atoms with Gasteiger partial charge in [0.05, 0.1) is 19.0 Å². The molecule has 0 atom stereocenters. The largest absolute Gasteiger partial charge is 0.481 e. The normalized spacial score (nSPS) is 10.1. The smallest absolute Gasteiger partial charge is 0.319 e. The summed E-state index contributed by atoms with van der Waals surface area (Å²) in [6, 6.07) is 13.5. The number of rotatable bonds is 7. The summed E-state index contributed by atoms with van der Waals surface area (Å²) in [7, 11) is 3.07. The second kappa shape index (κ2) is 9.87. The van der Waals surface area contributed by atoms with Gasteiger partial charge in [0, 0.05) is 31.9 Å². The molecule has 0 saturated heterocycles. The molecular weight excluding hydrogens is 386 g/mol. The molecule has 0 unspecified atom stereocenters. The molecule has 2 aromatic heterocycles. The second-order valence-corrected chi connectivity index (χ2v) is 6.10. The van der Waals surface area contributed by atoms with Gasteiger partial charge in [-0.15, -0.1) is 0 Å². The number of aromatic nitrogens is 2. The fourth-order valence-electron chi connectivity index (χ4n) is 2.47. The van der Waals surface area contributed by atoms with Gasteiger partial charge in [-0.1, -0.05) is 12.1 Å². The van der Waals surface area contributed by atoms with Crippen LogP contribution in [0.3, 0.4) is 0 Å². The molecule has 1 aromatic carbocycles. The molecular formula is C21H21N5O4. The lowest BCUT2D eigenvalue weighted by Crippen LogP contribution is -2.28. The molecule has 0 aliphatic carbocycles. The van der Waals surface area contributed by atoms with E-state index in [1.54, 1.807) is 43.4 Å². The molecule has 9 heteroatoms. The summed E-state index contributed by atoms with van der Waals surface area (Å²) in [6.07, 6.45) is 3.02. The minimum atomic E-state index is -0.346. The third kappa shape index (κ3) is 5.68. The Labute approximate surface area is 173 Å². The van der Waals surface area contributed by atoms with E-state index in [0.29, 0.717) is 29.6 Å². The first-order valence-corrected chi connectivity index (χ1v) is 9.07. The molecule has 0 saturated carbocycles. The summed E-state index contributed by atoms with van der Waals surface area (Å²) < 4.78 is 10.7. The van der Waals surface area contributed by atoms with Crippen LogP contribution in [0.25, 0.3) is 0 Å². The van der Waals surface area contributed by atoms with E-state index in [1.165, 1.54) is 19.5 Å². The number of nitrogens with one attached hydrogen (secondary N) is 3. The van der Waals surface area contributed by atoms with Crippen LogP contribution in [-0.2, 0) is 6.54 Å². The molecule has 0 radical (unpaired) electrons. The third-order valence-corrected chi connectivity index (χ3v) is 4.01. The number of anilines is 1. The van der Waals surface area contributed by atoms with Gasteiger partial charge in [-0.3, -0.25) is 9.78 Å². The van der Waals surface area contributed by atoms with Gasteiger partial charge >= 0.3 is 6.03 Å². The number of methoxy groups -OCH3 is 1. The van der Waals surface area contributed by atoms with Crippen LogP contribution in [0.4, 0.5) is 10.5 Å². The fourth-order valence-corrected chi connectivity index (χ4v) is 2.47. The molecule has 3 aromatic rings. The van der Waals surface area contributed by atoms with E-state index in [2.05, 4.69) is 25.9 Å². The maximum Gasteiger partial charge on any atom is 0.319 e. The minimum absolute atomic E-state index is 0.272. The van der Waals surface area contributed by atoms with Crippen molar-refractivity contribution < 1.29 is 19.1 Å². The topological polar surface area (TPSA) is 114 Å². The minimum Gasteiger partial charge on any atom is -0.481 e. The summed E-state index contributed by atoms with van der Waals surface area (Å²) in [5.41, 5.74) is 1.73. The number of hydrogen-bond acceptors (Lipinski definition) is 6. The zero-order valence-corrected chi connectivity index (χ0v) is 16.5. The fraction of sp³-hybridized carbons (Fsp3) is 0.143. The second-order valence-electron chi connectivity index (χ2n) is 6.10. The highest BCUT2D eigenvalue weighted by atomic mass is 16.5. The highest BCUT2D eigenvalue weighted by Crippen LogP contribution is 2.22. The quantitative estimate of drug-likeness (QED) is 0.555. The number of ether oxygens (including phenoxy) is 2. The Morgan fingerprint density at radius 2 is 1.80 bits per heavy atom. The van der Waals surface area contributed by atoms with E-state index in [-0.39, 0.29) is 17.6 Å². The van der Waals surface area contributed by atoms with Crippen LogP contribution < -0.4 is 25.4 Å². The summed E-state index contributed by atoms with van der Waals surface area (Å²) in [4.78, 5) is 31.7. The van der Waals surface area contributed by atoms with Gasteiger partial charge in [-0.05, 0) is 29.8 Å². The van der Waals surface area contributed by atoms with E-state index in [4.69, 9.17) is 9.47 Å². The number of benzene rings is 1. The number of hydrogen-bond donors (Lipinski definition) is 3. The van der Waals surface area contributed by atoms with Gasteiger partial charge < -0.3 is 25.4 Å². The number of pyridine rings is 2. The van der Waals surface area contributed by atoms with Crippen LogP contribution in [0.15, 0.2) is 60.9 Å². The Kier molecular flexibility index (Phi) is 6.78. The van der Waals surface area contributed by atoms with Crippen LogP contribution in [0.5, 0.6) is 17.4 Å². The number of urea groups is 1. The molecule has 0 fully saturated rings. The van der Waals surface area contributed by atoms with Crippen LogP contribution >= 0.6 is 0 Å². The van der Waals surface area contributed by atoms with Gasteiger partial charge in [0.2, 0.25) is 5.88 Å². The predicted octanol–water partition coefficient (Wildman–Crippen LogP) is 2.96. The van der Waals surface area contributed by atoms with Gasteiger partial charge in [0.15, 0.2) is 0 Å².